The van der Waals surface area contributed by atoms with Gasteiger partial charge in [0.25, 0.3) is 5.91 Å². The molecule has 3 aromatic rings. The van der Waals surface area contributed by atoms with Crippen molar-refractivity contribution in [2.24, 2.45) is 17.6 Å². The lowest BCUT2D eigenvalue weighted by atomic mass is 9.98. The zero-order valence-corrected chi connectivity index (χ0v) is 17.7. The number of carbonyl (C=O) groups is 1. The number of rotatable bonds is 2. The minimum absolute atomic E-state index is 0. The van der Waals surface area contributed by atoms with E-state index in [2.05, 4.69) is 19.1 Å². The topological polar surface area (TPSA) is 64.2 Å². The van der Waals surface area contributed by atoms with E-state index < -0.39 is 0 Å². The zero-order chi connectivity index (χ0) is 18.7. The maximum Gasteiger partial charge on any atom is 0.264 e. The summed E-state index contributed by atoms with van der Waals surface area (Å²) < 4.78 is 1.98. The molecule has 0 radical (unpaired) electrons. The molecule has 1 aliphatic carbocycles. The first-order chi connectivity index (χ1) is 13.0. The summed E-state index contributed by atoms with van der Waals surface area (Å²) in [6.07, 6.45) is 2.26. The van der Waals surface area contributed by atoms with Crippen molar-refractivity contribution in [2.75, 3.05) is 13.1 Å². The van der Waals surface area contributed by atoms with Crippen LogP contribution in [0.25, 0.3) is 15.9 Å². The fraction of sp³-hybridized carbons (Fsp3) is 0.429. The lowest BCUT2D eigenvalue weighted by molar-refractivity contribution is 0.0784. The molecule has 2 N–H and O–H groups in total. The minimum Gasteiger partial charge on any atom is -0.337 e. The van der Waals surface area contributed by atoms with Gasteiger partial charge in [-0.15, -0.1) is 23.7 Å². The van der Waals surface area contributed by atoms with Gasteiger partial charge in [0, 0.05) is 24.5 Å². The smallest absolute Gasteiger partial charge is 0.264 e. The van der Waals surface area contributed by atoms with Crippen LogP contribution in [0, 0.1) is 25.7 Å². The highest BCUT2D eigenvalue weighted by Gasteiger charge is 2.42. The van der Waals surface area contributed by atoms with E-state index in [1.807, 2.05) is 34.7 Å². The molecule has 1 saturated heterocycles. The fourth-order valence-electron chi connectivity index (χ4n) is 4.75. The van der Waals surface area contributed by atoms with E-state index in [-0.39, 0.29) is 24.4 Å². The van der Waals surface area contributed by atoms with Crippen LogP contribution in [-0.2, 0) is 0 Å². The van der Waals surface area contributed by atoms with Crippen LogP contribution in [0.1, 0.15) is 33.8 Å². The van der Waals surface area contributed by atoms with Gasteiger partial charge in [0.1, 0.15) is 4.83 Å². The molecular formula is C21H25ClN4OS. The van der Waals surface area contributed by atoms with E-state index in [4.69, 9.17) is 10.8 Å². The Hall–Kier alpha value is -1.89. The SMILES string of the molecule is Cc1ccccc1-n1nc(C)c2cc(C(=O)N3CC4CCC(N)C4C3)sc21.Cl. The predicted molar refractivity (Wildman–Crippen MR) is 116 cm³/mol. The number of hydrogen-bond acceptors (Lipinski definition) is 4. The first-order valence-electron chi connectivity index (χ1n) is 9.63. The van der Waals surface area contributed by atoms with Crippen molar-refractivity contribution in [3.8, 4) is 5.69 Å². The largest absolute Gasteiger partial charge is 0.337 e. The Kier molecular flexibility index (Phi) is 4.98. The molecule has 0 bridgehead atoms. The molecule has 2 aromatic heterocycles. The van der Waals surface area contributed by atoms with Gasteiger partial charge in [0.05, 0.1) is 16.3 Å². The van der Waals surface area contributed by atoms with Gasteiger partial charge in [-0.2, -0.15) is 5.10 Å². The maximum atomic E-state index is 13.1. The molecule has 3 heterocycles. The molecule has 2 fully saturated rings. The number of aryl methyl sites for hydroxylation is 2. The van der Waals surface area contributed by atoms with Crippen LogP contribution in [0.15, 0.2) is 30.3 Å². The Bertz CT molecular complexity index is 1040. The molecule has 1 aromatic carbocycles. The molecule has 3 atom stereocenters. The molecular weight excluding hydrogens is 392 g/mol. The molecule has 0 spiro atoms. The third-order valence-corrected chi connectivity index (χ3v) is 7.40. The van der Waals surface area contributed by atoms with E-state index in [9.17, 15) is 4.79 Å². The lowest BCUT2D eigenvalue weighted by Gasteiger charge is -2.17. The van der Waals surface area contributed by atoms with Crippen LogP contribution in [0.3, 0.4) is 0 Å². The number of carbonyl (C=O) groups excluding carboxylic acids is 1. The number of fused-ring (bicyclic) bond motifs is 2. The summed E-state index contributed by atoms with van der Waals surface area (Å²) in [6.45, 7) is 5.76. The maximum absolute atomic E-state index is 13.1. The van der Waals surface area contributed by atoms with Crippen molar-refractivity contribution in [3.05, 3.63) is 46.5 Å². The molecule has 1 amide bonds. The van der Waals surface area contributed by atoms with Gasteiger partial charge in [-0.3, -0.25) is 4.79 Å². The third kappa shape index (κ3) is 2.95. The Labute approximate surface area is 174 Å². The average molecular weight is 417 g/mol. The predicted octanol–water partition coefficient (Wildman–Crippen LogP) is 3.93. The molecule has 28 heavy (non-hydrogen) atoms. The Morgan fingerprint density at radius 3 is 2.75 bits per heavy atom. The summed E-state index contributed by atoms with van der Waals surface area (Å²) >= 11 is 1.55. The fourth-order valence-corrected chi connectivity index (χ4v) is 5.89. The summed E-state index contributed by atoms with van der Waals surface area (Å²) in [4.78, 5) is 17.0. The van der Waals surface area contributed by atoms with Crippen molar-refractivity contribution >= 4 is 39.9 Å². The standard InChI is InChI=1S/C21H24N4OS.ClH/c1-12-5-3-4-6-18(12)25-21-15(13(2)23-25)9-19(27-21)20(26)24-10-14-7-8-17(22)16(14)11-24;/h3-6,9,14,16-17H,7-8,10-11,22H2,1-2H3;1H. The number of benzene rings is 1. The van der Waals surface area contributed by atoms with Crippen molar-refractivity contribution in [1.82, 2.24) is 14.7 Å². The first-order valence-corrected chi connectivity index (χ1v) is 10.4. The van der Waals surface area contributed by atoms with Gasteiger partial charge in [-0.1, -0.05) is 18.2 Å². The molecule has 148 valence electrons. The zero-order valence-electron chi connectivity index (χ0n) is 16.1. The molecule has 1 aliphatic heterocycles. The van der Waals surface area contributed by atoms with Gasteiger partial charge in [0.2, 0.25) is 0 Å². The number of nitrogens with zero attached hydrogens (tertiary/aromatic N) is 3. The number of amides is 1. The van der Waals surface area contributed by atoms with Crippen LogP contribution >= 0.6 is 23.7 Å². The monoisotopic (exact) mass is 416 g/mol. The summed E-state index contributed by atoms with van der Waals surface area (Å²) in [7, 11) is 0. The van der Waals surface area contributed by atoms with E-state index >= 15 is 0 Å². The van der Waals surface area contributed by atoms with Crippen molar-refractivity contribution in [3.63, 3.8) is 0 Å². The summed E-state index contributed by atoms with van der Waals surface area (Å²) in [5.41, 5.74) is 9.44. The lowest BCUT2D eigenvalue weighted by Crippen LogP contribution is -2.33. The normalized spacial score (nSPS) is 23.8. The summed E-state index contributed by atoms with van der Waals surface area (Å²) in [5.74, 6) is 1.21. The Morgan fingerprint density at radius 1 is 1.21 bits per heavy atom. The highest BCUT2D eigenvalue weighted by molar-refractivity contribution is 7.20. The van der Waals surface area contributed by atoms with Crippen LogP contribution in [0.2, 0.25) is 0 Å². The molecule has 7 heteroatoms. The van der Waals surface area contributed by atoms with Crippen LogP contribution in [0.5, 0.6) is 0 Å². The molecule has 1 saturated carbocycles. The van der Waals surface area contributed by atoms with Gasteiger partial charge < -0.3 is 10.6 Å². The molecule has 3 unspecified atom stereocenters. The summed E-state index contributed by atoms with van der Waals surface area (Å²) in [5, 5.41) is 5.79. The second kappa shape index (κ2) is 7.17. The van der Waals surface area contributed by atoms with Gasteiger partial charge in [-0.05, 0) is 56.2 Å². The summed E-state index contributed by atoms with van der Waals surface area (Å²) in [6, 6.07) is 10.5. The van der Waals surface area contributed by atoms with E-state index in [0.29, 0.717) is 11.8 Å². The quantitative estimate of drug-likeness (QED) is 0.688. The Morgan fingerprint density at radius 2 is 2.00 bits per heavy atom. The average Bonchev–Trinajstić information content (AvgIpc) is 3.39. The number of hydrogen-bond donors (Lipinski definition) is 1. The second-order valence-corrected chi connectivity index (χ2v) is 9.02. The molecule has 5 nitrogen and oxygen atoms in total. The van der Waals surface area contributed by atoms with Gasteiger partial charge in [0.15, 0.2) is 0 Å². The minimum atomic E-state index is 0. The third-order valence-electron chi connectivity index (χ3n) is 6.30. The van der Waals surface area contributed by atoms with Crippen LogP contribution in [-0.4, -0.2) is 39.7 Å². The van der Waals surface area contributed by atoms with Crippen LogP contribution < -0.4 is 5.73 Å². The van der Waals surface area contributed by atoms with Crippen LogP contribution in [0.4, 0.5) is 0 Å². The second-order valence-electron chi connectivity index (χ2n) is 7.99. The number of aromatic nitrogens is 2. The highest BCUT2D eigenvalue weighted by Crippen LogP contribution is 2.39. The van der Waals surface area contributed by atoms with E-state index in [0.717, 1.165) is 52.4 Å². The number of nitrogens with two attached hydrogens (primary N) is 1. The van der Waals surface area contributed by atoms with E-state index in [1.165, 1.54) is 5.56 Å². The molecule has 5 rings (SSSR count). The number of halogens is 1. The van der Waals surface area contributed by atoms with Gasteiger partial charge >= 0.3 is 0 Å². The van der Waals surface area contributed by atoms with Crippen molar-refractivity contribution in [2.45, 2.75) is 32.7 Å². The van der Waals surface area contributed by atoms with E-state index in [1.54, 1.807) is 11.3 Å². The first kappa shape index (κ1) is 19.4. The van der Waals surface area contributed by atoms with Crippen molar-refractivity contribution in [1.29, 1.82) is 0 Å². The number of para-hydroxylation sites is 1. The number of thiophene rings is 1. The molecule has 2 aliphatic rings. The highest BCUT2D eigenvalue weighted by atomic mass is 35.5. The number of likely N-dealkylation sites (tertiary alicyclic amines) is 1. The van der Waals surface area contributed by atoms with Crippen molar-refractivity contribution < 1.29 is 4.79 Å². The Balaban J connectivity index is 0.00000192. The van der Waals surface area contributed by atoms with Gasteiger partial charge in [-0.25, -0.2) is 4.68 Å².